The predicted octanol–water partition coefficient (Wildman–Crippen LogP) is 3.80. The van der Waals surface area contributed by atoms with Crippen LogP contribution in [0.1, 0.15) is 29.3 Å². The number of nitrogens with two attached hydrogens (primary N) is 1. The van der Waals surface area contributed by atoms with E-state index in [1.165, 1.54) is 6.07 Å². The van der Waals surface area contributed by atoms with Gasteiger partial charge in [-0.05, 0) is 49.2 Å². The Labute approximate surface area is 145 Å². The van der Waals surface area contributed by atoms with Gasteiger partial charge in [-0.3, -0.25) is 4.79 Å². The summed E-state index contributed by atoms with van der Waals surface area (Å²) in [6.45, 7) is 3.57. The summed E-state index contributed by atoms with van der Waals surface area (Å²) in [4.78, 5) is 24.6. The highest BCUT2D eigenvalue weighted by Gasteiger charge is 2.22. The third-order valence-electron chi connectivity index (χ3n) is 3.56. The molecular weight excluding hydrogens is 328 g/mol. The van der Waals surface area contributed by atoms with Gasteiger partial charge in [-0.2, -0.15) is 0 Å². The Balaban J connectivity index is 2.09. The van der Waals surface area contributed by atoms with Gasteiger partial charge in [0.1, 0.15) is 0 Å². The second-order valence-electron chi connectivity index (χ2n) is 5.33. The van der Waals surface area contributed by atoms with Crippen LogP contribution in [0.4, 0.5) is 11.4 Å². The van der Waals surface area contributed by atoms with Crippen LogP contribution in [-0.4, -0.2) is 18.0 Å². The van der Waals surface area contributed by atoms with E-state index in [2.05, 4.69) is 5.32 Å². The number of benzene rings is 2. The molecule has 0 aromatic heterocycles. The number of rotatable bonds is 5. The monoisotopic (exact) mass is 346 g/mol. The average molecular weight is 347 g/mol. The van der Waals surface area contributed by atoms with Crippen molar-refractivity contribution in [1.82, 2.24) is 0 Å². The Morgan fingerprint density at radius 1 is 1.25 bits per heavy atom. The number of halogens is 1. The van der Waals surface area contributed by atoms with E-state index in [9.17, 15) is 9.59 Å². The largest absolute Gasteiger partial charge is 0.449 e. The summed E-state index contributed by atoms with van der Waals surface area (Å²) >= 11 is 6.04. The second kappa shape index (κ2) is 7.84. The molecule has 1 unspecified atom stereocenters. The summed E-state index contributed by atoms with van der Waals surface area (Å²) < 4.78 is 5.31. The van der Waals surface area contributed by atoms with Crippen molar-refractivity contribution in [1.29, 1.82) is 0 Å². The smallest absolute Gasteiger partial charge is 0.338 e. The van der Waals surface area contributed by atoms with Crippen LogP contribution in [-0.2, 0) is 9.53 Å². The van der Waals surface area contributed by atoms with Gasteiger partial charge in [-0.15, -0.1) is 0 Å². The lowest BCUT2D eigenvalue weighted by molar-refractivity contribution is -0.124. The van der Waals surface area contributed by atoms with Crippen molar-refractivity contribution in [2.45, 2.75) is 26.4 Å². The van der Waals surface area contributed by atoms with Crippen LogP contribution in [0.15, 0.2) is 42.5 Å². The Bertz CT molecular complexity index is 762. The summed E-state index contributed by atoms with van der Waals surface area (Å²) in [5.74, 6) is -0.993. The Hall–Kier alpha value is -2.53. The quantitative estimate of drug-likeness (QED) is 0.637. The first-order chi connectivity index (χ1) is 11.4. The second-order valence-corrected chi connectivity index (χ2v) is 5.74. The topological polar surface area (TPSA) is 81.4 Å². The summed E-state index contributed by atoms with van der Waals surface area (Å²) in [5, 5.41) is 3.30. The highest BCUT2D eigenvalue weighted by Crippen LogP contribution is 2.23. The molecule has 2 rings (SSSR count). The zero-order valence-corrected chi connectivity index (χ0v) is 14.3. The normalized spacial score (nSPS) is 11.6. The molecule has 6 heteroatoms. The Morgan fingerprint density at radius 3 is 2.62 bits per heavy atom. The van der Waals surface area contributed by atoms with E-state index in [1.807, 2.05) is 0 Å². The minimum absolute atomic E-state index is 0.306. The summed E-state index contributed by atoms with van der Waals surface area (Å²) in [6.07, 6.45) is -0.559. The number of hydrogen-bond donors (Lipinski definition) is 2. The molecule has 1 amide bonds. The van der Waals surface area contributed by atoms with Crippen molar-refractivity contribution in [3.63, 3.8) is 0 Å². The number of nitrogens with one attached hydrogen (secondary N) is 1. The van der Waals surface area contributed by atoms with Gasteiger partial charge in [-0.1, -0.05) is 30.7 Å². The van der Waals surface area contributed by atoms with Crippen molar-refractivity contribution in [2.24, 2.45) is 0 Å². The number of carbonyl (C=O) groups is 2. The third kappa shape index (κ3) is 4.26. The third-order valence-corrected chi connectivity index (χ3v) is 3.97. The summed E-state index contributed by atoms with van der Waals surface area (Å²) in [7, 11) is 0. The SMILES string of the molecule is CCC(OC(=O)c1cccc(N)c1)C(=O)Nc1cccc(Cl)c1C. The maximum atomic E-state index is 12.4. The van der Waals surface area contributed by atoms with E-state index >= 15 is 0 Å². The molecule has 0 heterocycles. The fourth-order valence-electron chi connectivity index (χ4n) is 2.14. The zero-order valence-electron chi connectivity index (χ0n) is 13.5. The zero-order chi connectivity index (χ0) is 17.7. The molecule has 0 saturated carbocycles. The molecule has 3 N–H and O–H groups in total. The number of amides is 1. The van der Waals surface area contributed by atoms with Crippen molar-refractivity contribution < 1.29 is 14.3 Å². The lowest BCUT2D eigenvalue weighted by Gasteiger charge is -2.17. The molecule has 0 fully saturated rings. The van der Waals surface area contributed by atoms with Gasteiger partial charge in [0.25, 0.3) is 5.91 Å². The molecule has 0 aliphatic carbocycles. The maximum absolute atomic E-state index is 12.4. The molecule has 126 valence electrons. The number of carbonyl (C=O) groups excluding carboxylic acids is 2. The van der Waals surface area contributed by atoms with E-state index in [-0.39, 0.29) is 0 Å². The van der Waals surface area contributed by atoms with Crippen LogP contribution < -0.4 is 11.1 Å². The van der Waals surface area contributed by atoms with Crippen LogP contribution in [0, 0.1) is 6.92 Å². The van der Waals surface area contributed by atoms with Crippen molar-refractivity contribution in [2.75, 3.05) is 11.1 Å². The number of esters is 1. The molecule has 0 radical (unpaired) electrons. The van der Waals surface area contributed by atoms with Crippen molar-refractivity contribution in [3.05, 3.63) is 58.6 Å². The molecule has 0 aliphatic rings. The van der Waals surface area contributed by atoms with Gasteiger partial charge in [0, 0.05) is 16.4 Å². The lowest BCUT2D eigenvalue weighted by Crippen LogP contribution is -2.32. The standard InChI is InChI=1S/C18H19ClN2O3/c1-3-16(24-18(23)12-6-4-7-13(20)10-12)17(22)21-15-9-5-8-14(19)11(15)2/h4-10,16H,3,20H2,1-2H3,(H,21,22). The number of hydrogen-bond acceptors (Lipinski definition) is 4. The summed E-state index contributed by atoms with van der Waals surface area (Å²) in [5.41, 5.74) is 7.76. The molecule has 5 nitrogen and oxygen atoms in total. The van der Waals surface area contributed by atoms with E-state index in [4.69, 9.17) is 22.1 Å². The van der Waals surface area contributed by atoms with Crippen LogP contribution >= 0.6 is 11.6 Å². The van der Waals surface area contributed by atoms with E-state index in [0.29, 0.717) is 28.4 Å². The molecule has 2 aromatic rings. The van der Waals surface area contributed by atoms with E-state index < -0.39 is 18.0 Å². The van der Waals surface area contributed by atoms with Crippen molar-refractivity contribution >= 4 is 34.9 Å². The van der Waals surface area contributed by atoms with Crippen LogP contribution in [0.2, 0.25) is 5.02 Å². The average Bonchev–Trinajstić information content (AvgIpc) is 2.56. The number of anilines is 2. The minimum Gasteiger partial charge on any atom is -0.449 e. The van der Waals surface area contributed by atoms with Crippen LogP contribution in [0.5, 0.6) is 0 Å². The molecule has 0 saturated heterocycles. The van der Waals surface area contributed by atoms with Crippen molar-refractivity contribution in [3.8, 4) is 0 Å². The lowest BCUT2D eigenvalue weighted by atomic mass is 10.1. The molecule has 2 aromatic carbocycles. The first-order valence-electron chi connectivity index (χ1n) is 7.55. The molecule has 0 spiro atoms. The first-order valence-corrected chi connectivity index (χ1v) is 7.92. The van der Waals surface area contributed by atoms with E-state index in [1.54, 1.807) is 50.2 Å². The maximum Gasteiger partial charge on any atom is 0.338 e. The van der Waals surface area contributed by atoms with Gasteiger partial charge < -0.3 is 15.8 Å². The highest BCUT2D eigenvalue weighted by molar-refractivity contribution is 6.31. The summed E-state index contributed by atoms with van der Waals surface area (Å²) in [6, 6.07) is 11.6. The molecular formula is C18H19ClN2O3. The van der Waals surface area contributed by atoms with Crippen LogP contribution in [0.25, 0.3) is 0 Å². The van der Waals surface area contributed by atoms with Gasteiger partial charge in [-0.25, -0.2) is 4.79 Å². The van der Waals surface area contributed by atoms with E-state index in [0.717, 1.165) is 5.56 Å². The molecule has 0 aliphatic heterocycles. The van der Waals surface area contributed by atoms with Crippen LogP contribution in [0.3, 0.4) is 0 Å². The Kier molecular flexibility index (Phi) is 5.82. The fourth-order valence-corrected chi connectivity index (χ4v) is 2.32. The van der Waals surface area contributed by atoms with Gasteiger partial charge in [0.05, 0.1) is 5.56 Å². The van der Waals surface area contributed by atoms with Gasteiger partial charge in [0.15, 0.2) is 6.10 Å². The molecule has 1 atom stereocenters. The molecule has 24 heavy (non-hydrogen) atoms. The van der Waals surface area contributed by atoms with Gasteiger partial charge >= 0.3 is 5.97 Å². The minimum atomic E-state index is -0.905. The Morgan fingerprint density at radius 2 is 1.96 bits per heavy atom. The number of nitrogen functional groups attached to an aromatic ring is 1. The highest BCUT2D eigenvalue weighted by atomic mass is 35.5. The number of ether oxygens (including phenoxy) is 1. The molecule has 0 bridgehead atoms. The first kappa shape index (κ1) is 17.8. The van der Waals surface area contributed by atoms with Gasteiger partial charge in [0.2, 0.25) is 0 Å². The predicted molar refractivity (Wildman–Crippen MR) is 95.2 cm³/mol. The fraction of sp³-hybridized carbons (Fsp3) is 0.222.